The Bertz CT molecular complexity index is 1160. The number of halogens is 3. The van der Waals surface area contributed by atoms with Gasteiger partial charge >= 0.3 is 6.18 Å². The van der Waals surface area contributed by atoms with Gasteiger partial charge in [0.15, 0.2) is 11.3 Å². The van der Waals surface area contributed by atoms with Gasteiger partial charge in [-0.2, -0.15) is 18.3 Å². The summed E-state index contributed by atoms with van der Waals surface area (Å²) in [6.45, 7) is 0. The molecule has 0 fully saturated rings. The summed E-state index contributed by atoms with van der Waals surface area (Å²) < 4.78 is 41.1. The maximum atomic E-state index is 13.3. The molecule has 1 amide bonds. The molecule has 3 aromatic heterocycles. The number of amides is 1. The molecule has 3 heterocycles. The number of nitrogens with zero attached hydrogens (tertiary/aromatic N) is 5. The van der Waals surface area contributed by atoms with Crippen molar-refractivity contribution in [2.24, 2.45) is 0 Å². The monoisotopic (exact) mass is 384 g/mol. The number of imidazole rings is 1. The molecule has 0 saturated heterocycles. The van der Waals surface area contributed by atoms with Gasteiger partial charge in [-0.05, 0) is 18.2 Å². The number of nitrogens with one attached hydrogen (secondary N) is 1. The third kappa shape index (κ3) is 3.27. The SMILES string of the molecule is O=C(Nc1cncnc1)c1cnc2ccc(-c3ccccc3C(F)(F)F)nn12. The fraction of sp³-hybridized carbons (Fsp3) is 0.0556. The fourth-order valence-corrected chi connectivity index (χ4v) is 2.68. The lowest BCUT2D eigenvalue weighted by Crippen LogP contribution is -2.16. The standard InChI is InChI=1S/C18H11F3N6O/c19-18(20,21)13-4-2-1-3-12(13)14-5-6-16-24-9-15(27(16)26-14)17(28)25-11-7-22-10-23-8-11/h1-10H,(H,25,28). The molecule has 0 atom stereocenters. The molecule has 0 bridgehead atoms. The van der Waals surface area contributed by atoms with Crippen LogP contribution in [0.4, 0.5) is 18.9 Å². The van der Waals surface area contributed by atoms with Gasteiger partial charge in [0.2, 0.25) is 0 Å². The summed E-state index contributed by atoms with van der Waals surface area (Å²) in [4.78, 5) is 24.2. The first-order valence-corrected chi connectivity index (χ1v) is 8.01. The van der Waals surface area contributed by atoms with Gasteiger partial charge < -0.3 is 5.32 Å². The molecule has 0 spiro atoms. The van der Waals surface area contributed by atoms with Crippen LogP contribution in [0.1, 0.15) is 16.1 Å². The normalized spacial score (nSPS) is 11.5. The molecule has 0 aliphatic carbocycles. The van der Waals surface area contributed by atoms with E-state index in [1.807, 2.05) is 0 Å². The molecule has 1 aromatic carbocycles. The summed E-state index contributed by atoms with van der Waals surface area (Å²) >= 11 is 0. The van der Waals surface area contributed by atoms with Gasteiger partial charge in [-0.3, -0.25) is 4.79 Å². The van der Waals surface area contributed by atoms with E-state index in [-0.39, 0.29) is 17.0 Å². The molecule has 4 rings (SSSR count). The molecule has 4 aromatic rings. The van der Waals surface area contributed by atoms with Crippen molar-refractivity contribution in [2.75, 3.05) is 5.32 Å². The first kappa shape index (κ1) is 17.6. The zero-order chi connectivity index (χ0) is 19.7. The summed E-state index contributed by atoms with van der Waals surface area (Å²) in [6, 6.07) is 8.04. The highest BCUT2D eigenvalue weighted by atomic mass is 19.4. The van der Waals surface area contributed by atoms with Crippen molar-refractivity contribution in [2.45, 2.75) is 6.18 Å². The fourth-order valence-electron chi connectivity index (χ4n) is 2.68. The highest BCUT2D eigenvalue weighted by molar-refractivity contribution is 6.03. The molecule has 0 saturated carbocycles. The third-order valence-electron chi connectivity index (χ3n) is 3.92. The van der Waals surface area contributed by atoms with Crippen molar-refractivity contribution in [3.05, 3.63) is 72.6 Å². The van der Waals surface area contributed by atoms with E-state index in [2.05, 4.69) is 25.4 Å². The number of alkyl halides is 3. The Kier molecular flexibility index (Phi) is 4.22. The average Bonchev–Trinajstić information content (AvgIpc) is 3.11. The third-order valence-corrected chi connectivity index (χ3v) is 3.92. The van der Waals surface area contributed by atoms with Crippen LogP contribution in [0.5, 0.6) is 0 Å². The minimum Gasteiger partial charge on any atom is -0.318 e. The Hall–Kier alpha value is -3.82. The number of anilines is 1. The maximum Gasteiger partial charge on any atom is 0.417 e. The lowest BCUT2D eigenvalue weighted by Gasteiger charge is -2.12. The van der Waals surface area contributed by atoms with Crippen molar-refractivity contribution in [3.63, 3.8) is 0 Å². The van der Waals surface area contributed by atoms with Crippen molar-refractivity contribution >= 4 is 17.2 Å². The van der Waals surface area contributed by atoms with Gasteiger partial charge in [-0.1, -0.05) is 18.2 Å². The Morgan fingerprint density at radius 1 is 1.00 bits per heavy atom. The van der Waals surface area contributed by atoms with Crippen molar-refractivity contribution in [1.29, 1.82) is 0 Å². The first-order valence-electron chi connectivity index (χ1n) is 8.01. The summed E-state index contributed by atoms with van der Waals surface area (Å²) in [7, 11) is 0. The Morgan fingerprint density at radius 2 is 1.75 bits per heavy atom. The van der Waals surface area contributed by atoms with Crippen LogP contribution >= 0.6 is 0 Å². The average molecular weight is 384 g/mol. The van der Waals surface area contributed by atoms with E-state index in [9.17, 15) is 18.0 Å². The van der Waals surface area contributed by atoms with E-state index in [1.165, 1.54) is 59.8 Å². The second-order valence-electron chi connectivity index (χ2n) is 5.76. The van der Waals surface area contributed by atoms with Gasteiger partial charge in [0.1, 0.15) is 6.33 Å². The van der Waals surface area contributed by atoms with E-state index in [0.717, 1.165) is 6.07 Å². The second-order valence-corrected chi connectivity index (χ2v) is 5.76. The van der Waals surface area contributed by atoms with Crippen LogP contribution in [-0.4, -0.2) is 30.5 Å². The quantitative estimate of drug-likeness (QED) is 0.585. The van der Waals surface area contributed by atoms with Crippen LogP contribution in [-0.2, 0) is 6.18 Å². The predicted octanol–water partition coefficient (Wildman–Crippen LogP) is 3.46. The zero-order valence-electron chi connectivity index (χ0n) is 14.1. The van der Waals surface area contributed by atoms with Crippen molar-refractivity contribution in [1.82, 2.24) is 24.6 Å². The van der Waals surface area contributed by atoms with Gasteiger partial charge in [0.25, 0.3) is 5.91 Å². The smallest absolute Gasteiger partial charge is 0.318 e. The molecule has 1 N–H and O–H groups in total. The van der Waals surface area contributed by atoms with Crippen LogP contribution in [0, 0.1) is 0 Å². The van der Waals surface area contributed by atoms with Crippen LogP contribution in [0.3, 0.4) is 0 Å². The zero-order valence-corrected chi connectivity index (χ0v) is 14.1. The molecule has 10 heteroatoms. The van der Waals surface area contributed by atoms with E-state index in [4.69, 9.17) is 0 Å². The number of rotatable bonds is 3. The number of benzene rings is 1. The molecule has 140 valence electrons. The van der Waals surface area contributed by atoms with Gasteiger partial charge in [0, 0.05) is 5.56 Å². The number of carbonyl (C=O) groups excluding carboxylic acids is 1. The number of fused-ring (bicyclic) bond motifs is 1. The Labute approximate surface area is 155 Å². The van der Waals surface area contributed by atoms with Gasteiger partial charge in [-0.25, -0.2) is 19.5 Å². The highest BCUT2D eigenvalue weighted by Gasteiger charge is 2.33. The topological polar surface area (TPSA) is 85.1 Å². The lowest BCUT2D eigenvalue weighted by atomic mass is 10.0. The van der Waals surface area contributed by atoms with E-state index in [0.29, 0.717) is 11.3 Å². The lowest BCUT2D eigenvalue weighted by molar-refractivity contribution is -0.137. The van der Waals surface area contributed by atoms with Gasteiger partial charge in [-0.15, -0.1) is 0 Å². The van der Waals surface area contributed by atoms with E-state index in [1.54, 1.807) is 0 Å². The maximum absolute atomic E-state index is 13.3. The predicted molar refractivity (Wildman–Crippen MR) is 93.4 cm³/mol. The number of carbonyl (C=O) groups is 1. The Balaban J connectivity index is 1.77. The number of hydrogen-bond acceptors (Lipinski definition) is 5. The second kappa shape index (κ2) is 6.72. The summed E-state index contributed by atoms with van der Waals surface area (Å²) in [5.74, 6) is -0.545. The first-order chi connectivity index (χ1) is 13.4. The highest BCUT2D eigenvalue weighted by Crippen LogP contribution is 2.36. The molecule has 0 radical (unpaired) electrons. The molecular weight excluding hydrogens is 373 g/mol. The summed E-state index contributed by atoms with van der Waals surface area (Å²) in [6.07, 6.45) is 0.894. The van der Waals surface area contributed by atoms with Crippen LogP contribution in [0.2, 0.25) is 0 Å². The van der Waals surface area contributed by atoms with E-state index >= 15 is 0 Å². The summed E-state index contributed by atoms with van der Waals surface area (Å²) in [5.41, 5.74) is -0.0905. The van der Waals surface area contributed by atoms with Gasteiger partial charge in [0.05, 0.1) is 35.5 Å². The molecule has 28 heavy (non-hydrogen) atoms. The Morgan fingerprint density at radius 3 is 2.50 bits per heavy atom. The van der Waals surface area contributed by atoms with Crippen LogP contribution in [0.25, 0.3) is 16.9 Å². The summed E-state index contributed by atoms with van der Waals surface area (Å²) in [5, 5.41) is 6.79. The minimum absolute atomic E-state index is 0.0604. The van der Waals surface area contributed by atoms with Crippen LogP contribution in [0.15, 0.2) is 61.3 Å². The number of aromatic nitrogens is 5. The van der Waals surface area contributed by atoms with Crippen molar-refractivity contribution < 1.29 is 18.0 Å². The number of hydrogen-bond donors (Lipinski definition) is 1. The van der Waals surface area contributed by atoms with Crippen molar-refractivity contribution in [3.8, 4) is 11.3 Å². The van der Waals surface area contributed by atoms with Crippen LogP contribution < -0.4 is 5.32 Å². The molecule has 0 aliphatic rings. The van der Waals surface area contributed by atoms with E-state index < -0.39 is 17.6 Å². The molecule has 0 aliphatic heterocycles. The minimum atomic E-state index is -4.53. The largest absolute Gasteiger partial charge is 0.417 e. The molecule has 0 unspecified atom stereocenters. The molecule has 7 nitrogen and oxygen atoms in total. The molecular formula is C18H11F3N6O.